The van der Waals surface area contributed by atoms with Crippen LogP contribution < -0.4 is 5.32 Å². The second-order valence-electron chi connectivity index (χ2n) is 5.98. The Kier molecular flexibility index (Phi) is 3.58. The van der Waals surface area contributed by atoms with Crippen LogP contribution in [0.15, 0.2) is 66.7 Å². The van der Waals surface area contributed by atoms with Crippen molar-refractivity contribution in [2.24, 2.45) is 0 Å². The number of hydrogen-bond donors (Lipinski definition) is 2. The molecule has 25 heavy (non-hydrogen) atoms. The van der Waals surface area contributed by atoms with Crippen LogP contribution >= 0.6 is 0 Å². The van der Waals surface area contributed by atoms with Crippen LogP contribution in [0, 0.1) is 6.92 Å². The van der Waals surface area contributed by atoms with Gasteiger partial charge in [-0.15, -0.1) is 0 Å². The van der Waals surface area contributed by atoms with Crippen LogP contribution in [0.1, 0.15) is 15.9 Å². The Balaban J connectivity index is 1.97. The Hall–Kier alpha value is -3.40. The van der Waals surface area contributed by atoms with Crippen LogP contribution in [0.25, 0.3) is 21.8 Å². The van der Waals surface area contributed by atoms with Gasteiger partial charge in [-0.1, -0.05) is 42.5 Å². The van der Waals surface area contributed by atoms with E-state index in [2.05, 4.69) is 5.32 Å². The molecule has 4 heteroatoms. The highest BCUT2D eigenvalue weighted by molar-refractivity contribution is 6.08. The first kappa shape index (κ1) is 15.1. The van der Waals surface area contributed by atoms with Gasteiger partial charge in [-0.05, 0) is 36.8 Å². The van der Waals surface area contributed by atoms with E-state index in [1.165, 1.54) is 0 Å². The Bertz CT molecular complexity index is 1070. The van der Waals surface area contributed by atoms with E-state index in [0.717, 1.165) is 38.7 Å². The molecule has 2 N–H and O–H groups in total. The van der Waals surface area contributed by atoms with Gasteiger partial charge in [0.15, 0.2) is 0 Å². The van der Waals surface area contributed by atoms with Crippen LogP contribution in [0.3, 0.4) is 0 Å². The summed E-state index contributed by atoms with van der Waals surface area (Å²) in [6, 6.07) is 21.0. The van der Waals surface area contributed by atoms with E-state index < -0.39 is 5.97 Å². The van der Waals surface area contributed by atoms with E-state index in [4.69, 9.17) is 4.98 Å². The number of nitrogens with one attached hydrogen (secondary N) is 1. The number of aromatic nitrogens is 1. The maximum Gasteiger partial charge on any atom is 0.335 e. The van der Waals surface area contributed by atoms with Gasteiger partial charge >= 0.3 is 5.97 Å². The van der Waals surface area contributed by atoms with Crippen molar-refractivity contribution in [2.45, 2.75) is 6.92 Å². The van der Waals surface area contributed by atoms with Crippen molar-refractivity contribution in [1.29, 1.82) is 0 Å². The molecule has 4 aromatic rings. The van der Waals surface area contributed by atoms with Gasteiger partial charge in [-0.2, -0.15) is 0 Å². The maximum absolute atomic E-state index is 11.3. The third kappa shape index (κ3) is 2.68. The molecule has 4 rings (SSSR count). The van der Waals surface area contributed by atoms with Crippen molar-refractivity contribution in [3.05, 3.63) is 77.9 Å². The van der Waals surface area contributed by atoms with E-state index in [1.54, 1.807) is 12.1 Å². The molecule has 0 bridgehead atoms. The number of nitrogens with zero attached hydrogens (tertiary/aromatic N) is 1. The normalized spacial score (nSPS) is 10.9. The molecular formula is C21H16N2O2. The maximum atomic E-state index is 11.3. The van der Waals surface area contributed by atoms with Gasteiger partial charge in [0.1, 0.15) is 0 Å². The lowest BCUT2D eigenvalue weighted by atomic mass is 10.1. The minimum atomic E-state index is -0.938. The monoisotopic (exact) mass is 328 g/mol. The van der Waals surface area contributed by atoms with Gasteiger partial charge in [0.05, 0.1) is 22.3 Å². The molecule has 0 fully saturated rings. The van der Waals surface area contributed by atoms with E-state index in [0.29, 0.717) is 0 Å². The van der Waals surface area contributed by atoms with Gasteiger partial charge in [-0.25, -0.2) is 9.78 Å². The number of aryl methyl sites for hydroxylation is 1. The van der Waals surface area contributed by atoms with E-state index in [-0.39, 0.29) is 5.56 Å². The Morgan fingerprint density at radius 3 is 2.12 bits per heavy atom. The zero-order chi connectivity index (χ0) is 17.4. The summed E-state index contributed by atoms with van der Waals surface area (Å²) in [6.45, 7) is 1.96. The first-order valence-corrected chi connectivity index (χ1v) is 8.02. The summed E-state index contributed by atoms with van der Waals surface area (Å²) in [5.74, 6) is -0.938. The molecular weight excluding hydrogens is 312 g/mol. The zero-order valence-corrected chi connectivity index (χ0v) is 13.7. The predicted octanol–water partition coefficient (Wildman–Crippen LogP) is 5.14. The number of aromatic carboxylic acids is 1. The number of benzene rings is 3. The minimum Gasteiger partial charge on any atom is -0.478 e. The molecule has 1 aromatic heterocycles. The molecule has 3 aromatic carbocycles. The third-order valence-corrected chi connectivity index (χ3v) is 4.33. The molecule has 0 saturated heterocycles. The number of rotatable bonds is 3. The van der Waals surface area contributed by atoms with Crippen LogP contribution in [-0.4, -0.2) is 16.1 Å². The fraction of sp³-hybridized carbons (Fsp3) is 0.0476. The van der Waals surface area contributed by atoms with E-state index in [9.17, 15) is 9.90 Å². The van der Waals surface area contributed by atoms with Crippen LogP contribution in [0.4, 0.5) is 11.4 Å². The summed E-state index contributed by atoms with van der Waals surface area (Å²) >= 11 is 0. The van der Waals surface area contributed by atoms with Crippen molar-refractivity contribution in [3.8, 4) is 0 Å². The molecule has 0 aliphatic carbocycles. The molecule has 0 spiro atoms. The third-order valence-electron chi connectivity index (χ3n) is 4.33. The summed E-state index contributed by atoms with van der Waals surface area (Å²) in [5.41, 5.74) is 4.76. The molecule has 0 amide bonds. The van der Waals surface area contributed by atoms with Crippen molar-refractivity contribution in [3.63, 3.8) is 0 Å². The average molecular weight is 328 g/mol. The average Bonchev–Trinajstić information content (AvgIpc) is 2.63. The summed E-state index contributed by atoms with van der Waals surface area (Å²) in [6.07, 6.45) is 0. The Morgan fingerprint density at radius 2 is 1.52 bits per heavy atom. The van der Waals surface area contributed by atoms with E-state index >= 15 is 0 Å². The minimum absolute atomic E-state index is 0.260. The van der Waals surface area contributed by atoms with Crippen molar-refractivity contribution < 1.29 is 9.90 Å². The van der Waals surface area contributed by atoms with Crippen molar-refractivity contribution >= 4 is 39.1 Å². The van der Waals surface area contributed by atoms with Gasteiger partial charge in [0.2, 0.25) is 0 Å². The van der Waals surface area contributed by atoms with Gasteiger partial charge in [0.25, 0.3) is 0 Å². The first-order chi connectivity index (χ1) is 12.1. The van der Waals surface area contributed by atoms with Crippen LogP contribution in [-0.2, 0) is 0 Å². The van der Waals surface area contributed by atoms with Crippen molar-refractivity contribution in [2.75, 3.05) is 5.32 Å². The summed E-state index contributed by atoms with van der Waals surface area (Å²) in [7, 11) is 0. The highest BCUT2D eigenvalue weighted by atomic mass is 16.4. The molecule has 0 radical (unpaired) electrons. The highest BCUT2D eigenvalue weighted by Crippen LogP contribution is 2.34. The summed E-state index contributed by atoms with van der Waals surface area (Å²) in [4.78, 5) is 16.0. The number of carboxylic acids is 1. The molecule has 122 valence electrons. The lowest BCUT2D eigenvalue weighted by Gasteiger charge is -2.15. The quantitative estimate of drug-likeness (QED) is 0.511. The van der Waals surface area contributed by atoms with Gasteiger partial charge < -0.3 is 10.4 Å². The fourth-order valence-electron chi connectivity index (χ4n) is 3.00. The number of carboxylic acid groups (broad SMARTS) is 1. The molecule has 0 aliphatic heterocycles. The number of pyridine rings is 1. The number of para-hydroxylation sites is 2. The standard InChI is InChI=1S/C21H16N2O2/c1-13-10-11-14(21(24)25)12-19(13)23-20-15-6-2-4-8-17(15)22-18-9-5-3-7-16(18)20/h2-12H,1H3,(H,22,23)(H,24,25). The van der Waals surface area contributed by atoms with Crippen LogP contribution in [0.5, 0.6) is 0 Å². The van der Waals surface area contributed by atoms with Crippen molar-refractivity contribution in [1.82, 2.24) is 4.98 Å². The SMILES string of the molecule is Cc1ccc(C(=O)O)cc1Nc1c2ccccc2nc2ccccc12. The second-order valence-corrected chi connectivity index (χ2v) is 5.98. The van der Waals surface area contributed by atoms with Crippen LogP contribution in [0.2, 0.25) is 0 Å². The number of fused-ring (bicyclic) bond motifs is 2. The number of anilines is 2. The molecule has 0 unspecified atom stereocenters. The molecule has 0 saturated carbocycles. The zero-order valence-electron chi connectivity index (χ0n) is 13.7. The first-order valence-electron chi connectivity index (χ1n) is 8.02. The fourth-order valence-corrected chi connectivity index (χ4v) is 3.00. The number of hydrogen-bond acceptors (Lipinski definition) is 3. The summed E-state index contributed by atoms with van der Waals surface area (Å²) < 4.78 is 0. The van der Waals surface area contributed by atoms with Gasteiger partial charge in [-0.3, -0.25) is 0 Å². The summed E-state index contributed by atoms with van der Waals surface area (Å²) in [5, 5.41) is 14.7. The Labute approximate surface area is 144 Å². The van der Waals surface area contributed by atoms with E-state index in [1.807, 2.05) is 61.5 Å². The van der Waals surface area contributed by atoms with Gasteiger partial charge in [0, 0.05) is 16.5 Å². The predicted molar refractivity (Wildman–Crippen MR) is 101 cm³/mol. The molecule has 0 atom stereocenters. The molecule has 0 aliphatic rings. The number of carbonyl (C=O) groups is 1. The Morgan fingerprint density at radius 1 is 0.920 bits per heavy atom. The lowest BCUT2D eigenvalue weighted by Crippen LogP contribution is -2.01. The topological polar surface area (TPSA) is 62.2 Å². The molecule has 4 nitrogen and oxygen atoms in total. The molecule has 1 heterocycles. The smallest absolute Gasteiger partial charge is 0.335 e. The largest absolute Gasteiger partial charge is 0.478 e. The second kappa shape index (κ2) is 5.91. The lowest BCUT2D eigenvalue weighted by molar-refractivity contribution is 0.0697. The highest BCUT2D eigenvalue weighted by Gasteiger charge is 2.11.